The van der Waals surface area contributed by atoms with Crippen molar-refractivity contribution in [2.45, 2.75) is 18.9 Å². The second kappa shape index (κ2) is 7.70. The van der Waals surface area contributed by atoms with E-state index in [9.17, 15) is 4.39 Å². The molecule has 1 saturated heterocycles. The van der Waals surface area contributed by atoms with Crippen LogP contribution in [0.25, 0.3) is 5.69 Å². The Labute approximate surface area is 153 Å². The Balaban J connectivity index is 1.48. The van der Waals surface area contributed by atoms with E-state index in [4.69, 9.17) is 0 Å². The fourth-order valence-corrected chi connectivity index (χ4v) is 3.55. The van der Waals surface area contributed by atoms with E-state index in [1.807, 2.05) is 59.5 Å². The number of halogens is 1. The molecular formula is C21H23FN4. The highest BCUT2D eigenvalue weighted by Gasteiger charge is 2.23. The van der Waals surface area contributed by atoms with Gasteiger partial charge in [0, 0.05) is 6.54 Å². The summed E-state index contributed by atoms with van der Waals surface area (Å²) in [6.07, 6.45) is 6.30. The van der Waals surface area contributed by atoms with E-state index in [1.54, 1.807) is 12.1 Å². The Morgan fingerprint density at radius 3 is 2.46 bits per heavy atom. The number of nitrogens with zero attached hydrogens (tertiary/aromatic N) is 3. The Morgan fingerprint density at radius 1 is 1.00 bits per heavy atom. The molecule has 3 aromatic rings. The third-order valence-corrected chi connectivity index (χ3v) is 4.94. The van der Waals surface area contributed by atoms with Crippen molar-refractivity contribution in [2.24, 2.45) is 0 Å². The molecule has 5 heteroatoms. The van der Waals surface area contributed by atoms with Crippen LogP contribution in [0.4, 0.5) is 10.1 Å². The highest BCUT2D eigenvalue weighted by Crippen LogP contribution is 2.26. The predicted octanol–water partition coefficient (Wildman–Crippen LogP) is 4.26. The smallest absolute Gasteiger partial charge is 0.123 e. The molecule has 1 aliphatic heterocycles. The van der Waals surface area contributed by atoms with Gasteiger partial charge in [0.25, 0.3) is 0 Å². The Hall–Kier alpha value is -2.66. The Morgan fingerprint density at radius 2 is 1.73 bits per heavy atom. The molecular weight excluding hydrogens is 327 g/mol. The lowest BCUT2D eigenvalue weighted by molar-refractivity contribution is 0.256. The van der Waals surface area contributed by atoms with Gasteiger partial charge in [-0.15, -0.1) is 0 Å². The maximum absolute atomic E-state index is 13.3. The van der Waals surface area contributed by atoms with Crippen molar-refractivity contribution in [1.82, 2.24) is 14.7 Å². The molecule has 1 aromatic heterocycles. The van der Waals surface area contributed by atoms with E-state index >= 15 is 0 Å². The summed E-state index contributed by atoms with van der Waals surface area (Å²) in [6.45, 7) is 2.95. The van der Waals surface area contributed by atoms with Crippen LogP contribution < -0.4 is 5.32 Å². The van der Waals surface area contributed by atoms with Crippen LogP contribution in [0.3, 0.4) is 0 Å². The number of benzene rings is 2. The highest BCUT2D eigenvalue weighted by molar-refractivity contribution is 5.43. The van der Waals surface area contributed by atoms with Crippen molar-refractivity contribution >= 4 is 5.69 Å². The molecule has 134 valence electrons. The van der Waals surface area contributed by atoms with Crippen LogP contribution in [-0.4, -0.2) is 34.3 Å². The Kier molecular flexibility index (Phi) is 4.97. The zero-order chi connectivity index (χ0) is 17.8. The number of rotatable bonds is 6. The maximum Gasteiger partial charge on any atom is 0.123 e. The Bertz CT molecular complexity index is 823. The van der Waals surface area contributed by atoms with E-state index in [0.717, 1.165) is 36.6 Å². The zero-order valence-corrected chi connectivity index (χ0v) is 14.7. The molecule has 0 spiro atoms. The highest BCUT2D eigenvalue weighted by atomic mass is 19.1. The number of nitrogens with one attached hydrogen (secondary N) is 1. The third-order valence-electron chi connectivity index (χ3n) is 4.94. The first-order valence-electron chi connectivity index (χ1n) is 9.13. The van der Waals surface area contributed by atoms with Gasteiger partial charge in [-0.25, -0.2) is 9.07 Å². The van der Waals surface area contributed by atoms with Crippen molar-refractivity contribution in [1.29, 1.82) is 0 Å². The molecule has 0 radical (unpaired) electrons. The summed E-state index contributed by atoms with van der Waals surface area (Å²) >= 11 is 0. The van der Waals surface area contributed by atoms with E-state index in [0.29, 0.717) is 0 Å². The molecule has 2 heterocycles. The molecule has 2 aromatic carbocycles. The molecule has 0 aliphatic carbocycles. The summed E-state index contributed by atoms with van der Waals surface area (Å²) in [5.41, 5.74) is 3.17. The molecule has 26 heavy (non-hydrogen) atoms. The summed E-state index contributed by atoms with van der Waals surface area (Å²) in [5.74, 6) is -0.189. The average Bonchev–Trinajstić information content (AvgIpc) is 3.36. The first-order valence-corrected chi connectivity index (χ1v) is 9.13. The van der Waals surface area contributed by atoms with Gasteiger partial charge in [-0.1, -0.05) is 30.3 Å². The SMILES string of the molecule is Fc1ccc(C(CNc2cnn(-c3ccccc3)c2)N2CCCC2)cc1. The van der Waals surface area contributed by atoms with E-state index in [2.05, 4.69) is 15.3 Å². The molecule has 4 nitrogen and oxygen atoms in total. The fourth-order valence-electron chi connectivity index (χ4n) is 3.55. The normalized spacial score (nSPS) is 15.9. The summed E-state index contributed by atoms with van der Waals surface area (Å²) in [5, 5.41) is 7.94. The number of hydrogen-bond donors (Lipinski definition) is 1. The number of anilines is 1. The lowest BCUT2D eigenvalue weighted by Gasteiger charge is -2.28. The molecule has 0 bridgehead atoms. The monoisotopic (exact) mass is 350 g/mol. The van der Waals surface area contributed by atoms with Crippen molar-refractivity contribution < 1.29 is 4.39 Å². The second-order valence-corrected chi connectivity index (χ2v) is 6.70. The van der Waals surface area contributed by atoms with Crippen molar-refractivity contribution in [3.05, 3.63) is 78.4 Å². The number of likely N-dealkylation sites (tertiary alicyclic amines) is 1. The van der Waals surface area contributed by atoms with Gasteiger partial charge in [0.15, 0.2) is 0 Å². The molecule has 1 N–H and O–H groups in total. The van der Waals surface area contributed by atoms with Crippen LogP contribution in [0.1, 0.15) is 24.4 Å². The van der Waals surface area contributed by atoms with Crippen molar-refractivity contribution in [3.63, 3.8) is 0 Å². The lowest BCUT2D eigenvalue weighted by Crippen LogP contribution is -2.31. The minimum Gasteiger partial charge on any atom is -0.381 e. The van der Waals surface area contributed by atoms with Gasteiger partial charge < -0.3 is 5.32 Å². The first kappa shape index (κ1) is 16.8. The zero-order valence-electron chi connectivity index (χ0n) is 14.7. The minimum atomic E-state index is -0.189. The van der Waals surface area contributed by atoms with Crippen LogP contribution in [0.5, 0.6) is 0 Å². The van der Waals surface area contributed by atoms with Crippen LogP contribution in [0, 0.1) is 5.82 Å². The van der Waals surface area contributed by atoms with Crippen LogP contribution in [0.2, 0.25) is 0 Å². The van der Waals surface area contributed by atoms with Gasteiger partial charge in [-0.2, -0.15) is 5.10 Å². The summed E-state index contributed by atoms with van der Waals surface area (Å²) in [7, 11) is 0. The largest absolute Gasteiger partial charge is 0.381 e. The van der Waals surface area contributed by atoms with E-state index in [1.165, 1.54) is 12.8 Å². The number of hydrogen-bond acceptors (Lipinski definition) is 3. The summed E-state index contributed by atoms with van der Waals surface area (Å²) in [6, 6.07) is 17.2. The molecule has 0 amide bonds. The van der Waals surface area contributed by atoms with Gasteiger partial charge in [0.1, 0.15) is 5.82 Å². The van der Waals surface area contributed by atoms with Crippen LogP contribution >= 0.6 is 0 Å². The van der Waals surface area contributed by atoms with Gasteiger partial charge >= 0.3 is 0 Å². The summed E-state index contributed by atoms with van der Waals surface area (Å²) < 4.78 is 15.2. The predicted molar refractivity (Wildman–Crippen MR) is 102 cm³/mol. The van der Waals surface area contributed by atoms with Gasteiger partial charge in [0.2, 0.25) is 0 Å². The van der Waals surface area contributed by atoms with Crippen molar-refractivity contribution in [3.8, 4) is 5.69 Å². The molecule has 1 fully saturated rings. The maximum atomic E-state index is 13.3. The van der Waals surface area contributed by atoms with Crippen LogP contribution in [-0.2, 0) is 0 Å². The topological polar surface area (TPSA) is 33.1 Å². The lowest BCUT2D eigenvalue weighted by atomic mass is 10.1. The van der Waals surface area contributed by atoms with Gasteiger partial charge in [0.05, 0.1) is 29.8 Å². The van der Waals surface area contributed by atoms with Crippen molar-refractivity contribution in [2.75, 3.05) is 25.0 Å². The quantitative estimate of drug-likeness (QED) is 0.721. The fraction of sp³-hybridized carbons (Fsp3) is 0.286. The molecule has 1 unspecified atom stereocenters. The van der Waals surface area contributed by atoms with Gasteiger partial charge in [-0.3, -0.25) is 4.90 Å². The van der Waals surface area contributed by atoms with Crippen LogP contribution in [0.15, 0.2) is 67.0 Å². The third kappa shape index (κ3) is 3.78. The molecule has 0 saturated carbocycles. The van der Waals surface area contributed by atoms with E-state index < -0.39 is 0 Å². The molecule has 1 aliphatic rings. The minimum absolute atomic E-state index is 0.189. The molecule has 4 rings (SSSR count). The van der Waals surface area contributed by atoms with Gasteiger partial charge in [-0.05, 0) is 55.8 Å². The number of para-hydroxylation sites is 1. The summed E-state index contributed by atoms with van der Waals surface area (Å²) in [4.78, 5) is 2.47. The van der Waals surface area contributed by atoms with E-state index in [-0.39, 0.29) is 11.9 Å². The standard InChI is InChI=1S/C21H23FN4/c22-18-10-8-17(9-11-18)21(25-12-4-5-13-25)15-23-19-14-24-26(16-19)20-6-2-1-3-7-20/h1-3,6-11,14,16,21,23H,4-5,12-13,15H2. The second-order valence-electron chi connectivity index (χ2n) is 6.70. The number of aromatic nitrogens is 2. The average molecular weight is 350 g/mol. The molecule has 1 atom stereocenters. The first-order chi connectivity index (χ1) is 12.8.